The fourth-order valence-corrected chi connectivity index (χ4v) is 10.8. The summed E-state index contributed by atoms with van der Waals surface area (Å²) in [6, 6.07) is 85.3. The Bertz CT molecular complexity index is 3510. The molecular formula is C63H47N5. The Morgan fingerprint density at radius 2 is 0.971 bits per heavy atom. The van der Waals surface area contributed by atoms with E-state index in [-0.39, 0.29) is 18.1 Å². The number of amidine groups is 1. The molecule has 0 radical (unpaired) electrons. The number of hydrogen-bond acceptors (Lipinski definition) is 4. The van der Waals surface area contributed by atoms with Crippen molar-refractivity contribution in [2.24, 2.45) is 4.99 Å². The van der Waals surface area contributed by atoms with Gasteiger partial charge in [-0.3, -0.25) is 5.32 Å². The van der Waals surface area contributed by atoms with Gasteiger partial charge in [0.25, 0.3) is 0 Å². The van der Waals surface area contributed by atoms with Crippen molar-refractivity contribution < 1.29 is 0 Å². The first-order valence-electron chi connectivity index (χ1n) is 23.6. The first kappa shape index (κ1) is 39.8. The molecule has 9 aromatic carbocycles. The maximum Gasteiger partial charge on any atom is 0.181 e. The largest absolute Gasteiger partial charge is 0.350 e. The van der Waals surface area contributed by atoms with Gasteiger partial charge < -0.3 is 14.8 Å². The van der Waals surface area contributed by atoms with Crippen molar-refractivity contribution >= 4 is 28.5 Å². The Morgan fingerprint density at radius 1 is 0.441 bits per heavy atom. The van der Waals surface area contributed by atoms with E-state index in [1.807, 2.05) is 0 Å². The van der Waals surface area contributed by atoms with Gasteiger partial charge in [0.2, 0.25) is 0 Å². The number of nitrogens with one attached hydrogen (secondary N) is 2. The molecule has 68 heavy (non-hydrogen) atoms. The van der Waals surface area contributed by atoms with Gasteiger partial charge in [-0.25, -0.2) is 4.99 Å². The van der Waals surface area contributed by atoms with Crippen LogP contribution in [0.15, 0.2) is 248 Å². The lowest BCUT2D eigenvalue weighted by molar-refractivity contribution is 0.363. The van der Waals surface area contributed by atoms with Gasteiger partial charge in [-0.1, -0.05) is 224 Å². The lowest BCUT2D eigenvalue weighted by atomic mass is 9.86. The molecule has 5 nitrogen and oxygen atoms in total. The van der Waals surface area contributed by atoms with E-state index >= 15 is 0 Å². The zero-order valence-corrected chi connectivity index (χ0v) is 37.3. The highest BCUT2D eigenvalue weighted by Gasteiger charge is 2.47. The van der Waals surface area contributed by atoms with Crippen molar-refractivity contribution in [2.45, 2.75) is 24.4 Å². The van der Waals surface area contributed by atoms with Gasteiger partial charge in [0.15, 0.2) is 6.29 Å². The summed E-state index contributed by atoms with van der Waals surface area (Å²) in [4.78, 5) is 8.19. The van der Waals surface area contributed by atoms with E-state index in [0.717, 1.165) is 22.6 Å². The Labute approximate surface area is 397 Å². The molecule has 4 atom stereocenters. The molecule has 0 amide bonds. The molecule has 4 unspecified atom stereocenters. The number of anilines is 1. The van der Waals surface area contributed by atoms with Crippen molar-refractivity contribution in [3.05, 3.63) is 271 Å². The standard InChI is InChI=1S/C63H47N5/c1-5-17-42(18-6-1)44-29-31-45(32-30-44)46-33-35-49(36-34-46)62-64-61(48-23-11-4-12-24-48)65-63(66-62)68-57-28-16-14-26-52(57)54-39-38-53-51-25-13-15-27-56(51)67(59(53)60(54)68)58-40-37-50(43-19-7-2-8-20-43)41-55(58)47-21-9-3-10-22-47/h1-41,54,60,62-63,66H,(H,64,65). The van der Waals surface area contributed by atoms with Crippen molar-refractivity contribution in [2.75, 3.05) is 4.90 Å². The van der Waals surface area contributed by atoms with Crippen LogP contribution in [0.1, 0.15) is 46.1 Å². The molecule has 1 aromatic heterocycles. The second-order valence-corrected chi connectivity index (χ2v) is 17.9. The van der Waals surface area contributed by atoms with Crippen LogP contribution >= 0.6 is 0 Å². The average Bonchev–Trinajstić information content (AvgIpc) is 3.95. The van der Waals surface area contributed by atoms with Gasteiger partial charge >= 0.3 is 0 Å². The van der Waals surface area contributed by atoms with Gasteiger partial charge in [0.05, 0.1) is 22.9 Å². The first-order chi connectivity index (χ1) is 33.7. The summed E-state index contributed by atoms with van der Waals surface area (Å²) in [5.74, 6) is 0.944. The quantitative estimate of drug-likeness (QED) is 0.160. The highest BCUT2D eigenvalue weighted by molar-refractivity contribution is 6.00. The van der Waals surface area contributed by atoms with Crippen molar-refractivity contribution in [1.29, 1.82) is 0 Å². The topological polar surface area (TPSA) is 44.6 Å². The van der Waals surface area contributed by atoms with E-state index in [2.05, 4.69) is 269 Å². The number of rotatable bonds is 8. The molecular weight excluding hydrogens is 827 g/mol. The third-order valence-electron chi connectivity index (χ3n) is 14.1. The van der Waals surface area contributed by atoms with Crippen LogP contribution in [0.5, 0.6) is 0 Å². The second kappa shape index (κ2) is 16.7. The molecule has 10 aromatic rings. The van der Waals surface area contributed by atoms with Crippen LogP contribution in [0.25, 0.3) is 67.2 Å². The molecule has 324 valence electrons. The van der Waals surface area contributed by atoms with E-state index in [0.29, 0.717) is 0 Å². The highest BCUT2D eigenvalue weighted by Crippen LogP contribution is 2.56. The second-order valence-electron chi connectivity index (χ2n) is 17.9. The fourth-order valence-electron chi connectivity index (χ4n) is 10.8. The van der Waals surface area contributed by atoms with Crippen molar-refractivity contribution in [3.8, 4) is 50.2 Å². The van der Waals surface area contributed by atoms with E-state index in [1.54, 1.807) is 0 Å². The van der Waals surface area contributed by atoms with E-state index in [4.69, 9.17) is 4.99 Å². The van der Waals surface area contributed by atoms with E-state index in [9.17, 15) is 0 Å². The van der Waals surface area contributed by atoms with Crippen LogP contribution in [0.4, 0.5) is 5.69 Å². The lowest BCUT2D eigenvalue weighted by Gasteiger charge is -2.41. The number of hydrogen-bond donors (Lipinski definition) is 2. The van der Waals surface area contributed by atoms with E-state index in [1.165, 1.54) is 77.9 Å². The predicted octanol–water partition coefficient (Wildman–Crippen LogP) is 14.6. The molecule has 0 bridgehead atoms. The number of aliphatic imine (C=N–C) groups is 1. The number of aromatic nitrogens is 1. The Kier molecular flexibility index (Phi) is 9.80. The average molecular weight is 874 g/mol. The predicted molar refractivity (Wildman–Crippen MR) is 281 cm³/mol. The molecule has 0 fully saturated rings. The third-order valence-corrected chi connectivity index (χ3v) is 14.1. The molecule has 2 N–H and O–H groups in total. The number of para-hydroxylation sites is 2. The maximum atomic E-state index is 5.62. The van der Waals surface area contributed by atoms with Crippen LogP contribution in [0, 0.1) is 0 Å². The fraction of sp³-hybridized carbons (Fsp3) is 0.0635. The van der Waals surface area contributed by atoms with Crippen LogP contribution in [-0.4, -0.2) is 16.7 Å². The number of fused-ring (bicyclic) bond motifs is 7. The minimum atomic E-state index is -0.419. The monoisotopic (exact) mass is 873 g/mol. The number of nitrogens with zero attached hydrogens (tertiary/aromatic N) is 3. The zero-order valence-electron chi connectivity index (χ0n) is 37.3. The highest BCUT2D eigenvalue weighted by atomic mass is 15.5. The maximum absolute atomic E-state index is 5.62. The molecule has 1 aliphatic carbocycles. The van der Waals surface area contributed by atoms with Crippen LogP contribution in [-0.2, 0) is 0 Å². The van der Waals surface area contributed by atoms with Gasteiger partial charge in [-0.15, -0.1) is 0 Å². The molecule has 0 spiro atoms. The smallest absolute Gasteiger partial charge is 0.181 e. The van der Waals surface area contributed by atoms with Crippen LogP contribution in [0.3, 0.4) is 0 Å². The third kappa shape index (κ3) is 6.86. The SMILES string of the molecule is C1=CC2c3ccccc3N(C3N=C(c4ccccc4)NC(c4ccc(-c5ccc(-c6ccccc6)cc5)cc4)N3)C2c2c1c1ccccc1n2-c1ccc(-c2ccccc2)cc1-c1ccccc1. The molecule has 0 saturated heterocycles. The van der Waals surface area contributed by atoms with Crippen LogP contribution in [0.2, 0.25) is 0 Å². The summed E-state index contributed by atoms with van der Waals surface area (Å²) >= 11 is 0. The molecule has 3 aliphatic rings. The van der Waals surface area contributed by atoms with Crippen LogP contribution < -0.4 is 15.5 Å². The Balaban J connectivity index is 0.945. The molecule has 2 aliphatic heterocycles. The van der Waals surface area contributed by atoms with Crippen molar-refractivity contribution in [3.63, 3.8) is 0 Å². The number of benzene rings is 9. The Morgan fingerprint density at radius 3 is 1.65 bits per heavy atom. The first-order valence-corrected chi connectivity index (χ1v) is 23.6. The summed E-state index contributed by atoms with van der Waals surface area (Å²) in [6.45, 7) is 0. The molecule has 5 heteroatoms. The summed E-state index contributed by atoms with van der Waals surface area (Å²) in [7, 11) is 0. The molecule has 13 rings (SSSR count). The van der Waals surface area contributed by atoms with Gasteiger partial charge in [0, 0.05) is 33.7 Å². The zero-order chi connectivity index (χ0) is 45.0. The lowest BCUT2D eigenvalue weighted by Crippen LogP contribution is -2.56. The normalized spacial score (nSPS) is 18.1. The van der Waals surface area contributed by atoms with E-state index < -0.39 is 6.29 Å². The summed E-state index contributed by atoms with van der Waals surface area (Å²) in [5.41, 5.74) is 19.0. The molecule has 3 heterocycles. The molecule has 0 saturated carbocycles. The van der Waals surface area contributed by atoms with Gasteiger partial charge in [-0.05, 0) is 74.3 Å². The van der Waals surface area contributed by atoms with Gasteiger partial charge in [0.1, 0.15) is 12.0 Å². The summed E-state index contributed by atoms with van der Waals surface area (Å²) in [6.07, 6.45) is 4.17. The Hall–Kier alpha value is -8.51. The minimum absolute atomic E-state index is 0.0867. The van der Waals surface area contributed by atoms with Crippen molar-refractivity contribution in [1.82, 2.24) is 15.2 Å². The minimum Gasteiger partial charge on any atom is -0.350 e. The summed E-state index contributed by atoms with van der Waals surface area (Å²) < 4.78 is 2.56. The summed E-state index contributed by atoms with van der Waals surface area (Å²) in [5, 5.41) is 9.12. The van der Waals surface area contributed by atoms with Gasteiger partial charge in [-0.2, -0.15) is 0 Å².